The summed E-state index contributed by atoms with van der Waals surface area (Å²) in [6.45, 7) is 4.98. The standard InChI is InChI=1S/C26H26N4O5S/c1-26(2,3)35-25(32)28-17-23(31)29-19-11-9-18(10-12-19)21-13-15-27-24-22(21)14-16-30(24)36(33,34)20-7-5-4-6-8-20/h4-16H,17H2,1-3H3,(H,28,32)(H,29,31). The molecule has 2 aromatic carbocycles. The minimum Gasteiger partial charge on any atom is -0.444 e. The first kappa shape index (κ1) is 24.9. The van der Waals surface area contributed by atoms with Crippen LogP contribution in [0.3, 0.4) is 0 Å². The van der Waals surface area contributed by atoms with Crippen molar-refractivity contribution in [1.82, 2.24) is 14.3 Å². The predicted molar refractivity (Wildman–Crippen MR) is 137 cm³/mol. The minimum absolute atomic E-state index is 0.177. The highest BCUT2D eigenvalue weighted by molar-refractivity contribution is 7.90. The summed E-state index contributed by atoms with van der Waals surface area (Å²) in [5, 5.41) is 5.80. The van der Waals surface area contributed by atoms with E-state index in [9.17, 15) is 18.0 Å². The Kier molecular flexibility index (Phi) is 6.80. The Balaban J connectivity index is 1.50. The van der Waals surface area contributed by atoms with Gasteiger partial charge in [-0.05, 0) is 68.3 Å². The number of ether oxygens (including phenoxy) is 1. The third kappa shape index (κ3) is 5.55. The number of hydrogen-bond donors (Lipinski definition) is 2. The first-order valence-electron chi connectivity index (χ1n) is 11.2. The lowest BCUT2D eigenvalue weighted by molar-refractivity contribution is -0.115. The molecule has 4 aromatic rings. The molecule has 9 nitrogen and oxygen atoms in total. The van der Waals surface area contributed by atoms with Gasteiger partial charge in [0.2, 0.25) is 5.91 Å². The summed E-state index contributed by atoms with van der Waals surface area (Å²) in [7, 11) is -3.80. The van der Waals surface area contributed by atoms with Gasteiger partial charge in [-0.25, -0.2) is 22.2 Å². The van der Waals surface area contributed by atoms with Gasteiger partial charge in [-0.1, -0.05) is 30.3 Å². The first-order chi connectivity index (χ1) is 17.0. The molecule has 0 bridgehead atoms. The van der Waals surface area contributed by atoms with Crippen molar-refractivity contribution < 1.29 is 22.7 Å². The molecule has 0 atom stereocenters. The Hall–Kier alpha value is -4.18. The highest BCUT2D eigenvalue weighted by Crippen LogP contribution is 2.30. The molecular weight excluding hydrogens is 480 g/mol. The summed E-state index contributed by atoms with van der Waals surface area (Å²) in [4.78, 5) is 28.4. The molecule has 0 saturated heterocycles. The normalized spacial score (nSPS) is 11.8. The van der Waals surface area contributed by atoms with Crippen LogP contribution in [0.2, 0.25) is 0 Å². The summed E-state index contributed by atoms with van der Waals surface area (Å²) in [6.07, 6.45) is 2.39. The van der Waals surface area contributed by atoms with E-state index in [-0.39, 0.29) is 11.4 Å². The van der Waals surface area contributed by atoms with Crippen LogP contribution in [-0.2, 0) is 19.6 Å². The van der Waals surface area contributed by atoms with Crippen LogP contribution in [0.1, 0.15) is 20.8 Å². The van der Waals surface area contributed by atoms with Crippen molar-refractivity contribution in [1.29, 1.82) is 0 Å². The lowest BCUT2D eigenvalue weighted by atomic mass is 10.0. The van der Waals surface area contributed by atoms with E-state index in [1.807, 2.05) is 12.1 Å². The van der Waals surface area contributed by atoms with Crippen LogP contribution in [0, 0.1) is 0 Å². The van der Waals surface area contributed by atoms with E-state index in [0.717, 1.165) is 11.1 Å². The molecule has 2 amide bonds. The number of carbonyl (C=O) groups is 2. The van der Waals surface area contributed by atoms with Gasteiger partial charge in [0.25, 0.3) is 10.0 Å². The number of alkyl carbamates (subject to hydrolysis) is 1. The monoisotopic (exact) mass is 506 g/mol. The van der Waals surface area contributed by atoms with Gasteiger partial charge in [0, 0.05) is 23.5 Å². The van der Waals surface area contributed by atoms with Crippen molar-refractivity contribution in [3.63, 3.8) is 0 Å². The molecule has 10 heteroatoms. The van der Waals surface area contributed by atoms with Crippen molar-refractivity contribution in [2.24, 2.45) is 0 Å². The van der Waals surface area contributed by atoms with Gasteiger partial charge in [-0.3, -0.25) is 4.79 Å². The van der Waals surface area contributed by atoms with Crippen LogP contribution in [0.5, 0.6) is 0 Å². The molecule has 0 unspecified atom stereocenters. The van der Waals surface area contributed by atoms with Crippen molar-refractivity contribution in [2.75, 3.05) is 11.9 Å². The van der Waals surface area contributed by atoms with Crippen LogP contribution >= 0.6 is 0 Å². The fourth-order valence-corrected chi connectivity index (χ4v) is 4.89. The highest BCUT2D eigenvalue weighted by Gasteiger charge is 2.21. The number of amides is 2. The Bertz CT molecular complexity index is 1510. The van der Waals surface area contributed by atoms with E-state index in [2.05, 4.69) is 15.6 Å². The van der Waals surface area contributed by atoms with Crippen LogP contribution in [0.4, 0.5) is 10.5 Å². The summed E-state index contributed by atoms with van der Waals surface area (Å²) >= 11 is 0. The van der Waals surface area contributed by atoms with Crippen molar-refractivity contribution in [2.45, 2.75) is 31.3 Å². The number of nitrogens with zero attached hydrogens (tertiary/aromatic N) is 2. The zero-order valence-electron chi connectivity index (χ0n) is 20.1. The topological polar surface area (TPSA) is 119 Å². The number of hydrogen-bond acceptors (Lipinski definition) is 6. The average Bonchev–Trinajstić information content (AvgIpc) is 3.28. The number of aromatic nitrogens is 2. The molecule has 0 aliphatic carbocycles. The Morgan fingerprint density at radius 3 is 2.33 bits per heavy atom. The average molecular weight is 507 g/mol. The maximum Gasteiger partial charge on any atom is 0.408 e. The van der Waals surface area contributed by atoms with Gasteiger partial charge in [-0.15, -0.1) is 0 Å². The molecule has 2 N–H and O–H groups in total. The van der Waals surface area contributed by atoms with E-state index >= 15 is 0 Å². The SMILES string of the molecule is CC(C)(C)OC(=O)NCC(=O)Nc1ccc(-c2ccnc3c2ccn3S(=O)(=O)c2ccccc2)cc1. The van der Waals surface area contributed by atoms with E-state index in [1.165, 1.54) is 10.2 Å². The Labute approximate surface area is 209 Å². The zero-order valence-corrected chi connectivity index (χ0v) is 20.9. The number of rotatable bonds is 6. The van der Waals surface area contributed by atoms with Gasteiger partial charge in [0.05, 0.1) is 4.90 Å². The quantitative estimate of drug-likeness (QED) is 0.400. The van der Waals surface area contributed by atoms with Gasteiger partial charge in [0.1, 0.15) is 12.1 Å². The van der Waals surface area contributed by atoms with Crippen molar-refractivity contribution in [3.05, 3.63) is 79.1 Å². The summed E-state index contributed by atoms with van der Waals surface area (Å²) < 4.78 is 32.5. The molecule has 0 fully saturated rings. The molecular formula is C26H26N4O5S. The Morgan fingerprint density at radius 1 is 0.972 bits per heavy atom. The van der Waals surface area contributed by atoms with Gasteiger partial charge in [0.15, 0.2) is 5.65 Å². The maximum atomic E-state index is 13.1. The number of carbonyl (C=O) groups excluding carboxylic acids is 2. The lowest BCUT2D eigenvalue weighted by Gasteiger charge is -2.19. The van der Waals surface area contributed by atoms with E-state index in [0.29, 0.717) is 16.7 Å². The highest BCUT2D eigenvalue weighted by atomic mass is 32.2. The van der Waals surface area contributed by atoms with Crippen LogP contribution in [0.15, 0.2) is 84.0 Å². The summed E-state index contributed by atoms with van der Waals surface area (Å²) in [6, 6.07) is 18.8. The van der Waals surface area contributed by atoms with Crippen LogP contribution in [0.25, 0.3) is 22.2 Å². The molecule has 186 valence electrons. The number of fused-ring (bicyclic) bond motifs is 1. The second-order valence-electron chi connectivity index (χ2n) is 9.01. The number of pyridine rings is 1. The molecule has 2 heterocycles. The van der Waals surface area contributed by atoms with E-state index in [4.69, 9.17) is 4.74 Å². The van der Waals surface area contributed by atoms with Gasteiger partial charge >= 0.3 is 6.09 Å². The molecule has 36 heavy (non-hydrogen) atoms. The third-order valence-electron chi connectivity index (χ3n) is 5.13. The fraction of sp³-hybridized carbons (Fsp3) is 0.192. The molecule has 0 spiro atoms. The molecule has 0 aliphatic heterocycles. The summed E-state index contributed by atoms with van der Waals surface area (Å²) in [5.74, 6) is -0.400. The maximum absolute atomic E-state index is 13.1. The van der Waals surface area contributed by atoms with E-state index in [1.54, 1.807) is 81.6 Å². The smallest absolute Gasteiger partial charge is 0.408 e. The predicted octanol–water partition coefficient (Wildman–Crippen LogP) is 4.40. The minimum atomic E-state index is -3.80. The molecule has 0 aliphatic rings. The Morgan fingerprint density at radius 2 is 1.67 bits per heavy atom. The molecule has 0 radical (unpaired) electrons. The number of benzene rings is 2. The van der Waals surface area contributed by atoms with Crippen molar-refractivity contribution in [3.8, 4) is 11.1 Å². The van der Waals surface area contributed by atoms with Gasteiger partial charge in [-0.2, -0.15) is 0 Å². The molecule has 2 aromatic heterocycles. The van der Waals surface area contributed by atoms with Crippen LogP contribution in [-0.4, -0.2) is 41.5 Å². The zero-order chi connectivity index (χ0) is 25.9. The van der Waals surface area contributed by atoms with Crippen LogP contribution < -0.4 is 10.6 Å². The summed E-state index contributed by atoms with van der Waals surface area (Å²) in [5.41, 5.74) is 1.83. The second kappa shape index (κ2) is 9.82. The number of nitrogens with one attached hydrogen (secondary N) is 2. The van der Waals surface area contributed by atoms with Crippen molar-refractivity contribution >= 4 is 38.7 Å². The largest absolute Gasteiger partial charge is 0.444 e. The lowest BCUT2D eigenvalue weighted by Crippen LogP contribution is -2.37. The second-order valence-corrected chi connectivity index (χ2v) is 10.8. The fourth-order valence-electron chi connectivity index (χ4n) is 3.57. The van der Waals surface area contributed by atoms with Gasteiger partial charge < -0.3 is 15.4 Å². The van der Waals surface area contributed by atoms with E-state index < -0.39 is 27.6 Å². The first-order valence-corrected chi connectivity index (χ1v) is 12.6. The number of anilines is 1. The molecule has 0 saturated carbocycles. The molecule has 4 rings (SSSR count). The third-order valence-corrected chi connectivity index (χ3v) is 6.81.